The number of halogens is 1. The topological polar surface area (TPSA) is 55.1 Å². The highest BCUT2D eigenvalue weighted by Crippen LogP contribution is 2.62. The van der Waals surface area contributed by atoms with Crippen molar-refractivity contribution < 1.29 is 4.79 Å². The summed E-state index contributed by atoms with van der Waals surface area (Å²) in [5, 5.41) is 3.15. The Hall–Kier alpha value is -0.280. The van der Waals surface area contributed by atoms with Crippen molar-refractivity contribution in [1.82, 2.24) is 5.32 Å². The zero-order valence-corrected chi connectivity index (χ0v) is 12.1. The number of carbonyl (C=O) groups is 1. The fourth-order valence-corrected chi connectivity index (χ4v) is 3.06. The highest BCUT2D eigenvalue weighted by atomic mass is 35.5. The molecule has 2 fully saturated rings. The normalized spacial score (nSPS) is 28.3. The summed E-state index contributed by atoms with van der Waals surface area (Å²) in [6.45, 7) is 8.82. The molecule has 0 aromatic carbocycles. The fourth-order valence-electron chi connectivity index (χ4n) is 3.06. The number of nitrogens with two attached hydrogens (primary N) is 1. The van der Waals surface area contributed by atoms with Crippen molar-refractivity contribution >= 4 is 18.3 Å². The van der Waals surface area contributed by atoms with Gasteiger partial charge in [0.1, 0.15) is 0 Å². The second-order valence-corrected chi connectivity index (χ2v) is 6.71. The van der Waals surface area contributed by atoms with Crippen LogP contribution in [-0.4, -0.2) is 17.5 Å². The van der Waals surface area contributed by atoms with Gasteiger partial charge in [-0.3, -0.25) is 4.79 Å². The van der Waals surface area contributed by atoms with E-state index in [9.17, 15) is 4.79 Å². The molecule has 2 aliphatic carbocycles. The van der Waals surface area contributed by atoms with E-state index >= 15 is 0 Å². The van der Waals surface area contributed by atoms with Crippen molar-refractivity contribution in [2.75, 3.05) is 0 Å². The first-order valence-electron chi connectivity index (χ1n) is 6.32. The molecule has 0 atom stereocenters. The lowest BCUT2D eigenvalue weighted by Crippen LogP contribution is -2.53. The number of hydrogen-bond acceptors (Lipinski definition) is 2. The van der Waals surface area contributed by atoms with Gasteiger partial charge in [-0.05, 0) is 23.7 Å². The molecular formula is C13H25ClN2O. The second kappa shape index (κ2) is 4.13. The Morgan fingerprint density at radius 3 is 1.88 bits per heavy atom. The maximum absolute atomic E-state index is 12.2. The Labute approximate surface area is 110 Å². The minimum atomic E-state index is -0.589. The summed E-state index contributed by atoms with van der Waals surface area (Å²) in [6.07, 6.45) is 3.85. The third kappa shape index (κ3) is 2.08. The van der Waals surface area contributed by atoms with Crippen LogP contribution in [-0.2, 0) is 4.79 Å². The van der Waals surface area contributed by atoms with E-state index in [-0.39, 0.29) is 35.2 Å². The van der Waals surface area contributed by atoms with Crippen molar-refractivity contribution in [2.24, 2.45) is 16.6 Å². The summed E-state index contributed by atoms with van der Waals surface area (Å²) in [5.74, 6) is 0.0636. The van der Waals surface area contributed by atoms with Crippen LogP contribution in [0.5, 0.6) is 0 Å². The first-order valence-corrected chi connectivity index (χ1v) is 6.32. The van der Waals surface area contributed by atoms with Gasteiger partial charge < -0.3 is 11.1 Å². The Morgan fingerprint density at radius 2 is 1.53 bits per heavy atom. The third-order valence-electron chi connectivity index (χ3n) is 5.24. The molecule has 0 saturated heterocycles. The second-order valence-electron chi connectivity index (χ2n) is 6.71. The summed E-state index contributed by atoms with van der Waals surface area (Å²) >= 11 is 0. The molecule has 1 amide bonds. The average Bonchev–Trinajstić information content (AvgIpc) is 2.59. The maximum atomic E-state index is 12.2. The van der Waals surface area contributed by atoms with Gasteiger partial charge in [-0.1, -0.05) is 40.5 Å². The van der Waals surface area contributed by atoms with Crippen LogP contribution in [0.15, 0.2) is 0 Å². The van der Waals surface area contributed by atoms with E-state index in [1.807, 2.05) is 0 Å². The molecule has 100 valence electrons. The summed E-state index contributed by atoms with van der Waals surface area (Å²) in [5.41, 5.74) is 5.94. The lowest BCUT2D eigenvalue weighted by atomic mass is 9.98. The summed E-state index contributed by atoms with van der Waals surface area (Å²) in [7, 11) is 0. The van der Waals surface area contributed by atoms with E-state index in [1.165, 1.54) is 0 Å². The van der Waals surface area contributed by atoms with Crippen LogP contribution in [0.25, 0.3) is 0 Å². The number of rotatable bonds is 2. The van der Waals surface area contributed by atoms with Gasteiger partial charge in [-0.15, -0.1) is 12.4 Å². The molecule has 0 heterocycles. The van der Waals surface area contributed by atoms with Crippen LogP contribution in [0, 0.1) is 10.8 Å². The third-order valence-corrected chi connectivity index (χ3v) is 5.24. The molecule has 0 aliphatic heterocycles. The standard InChI is InChI=1S/C13H24N2O.ClH/c1-11(2)9(12(11,3)4)15-10(16)13(14)7-5-6-8-13;/h9H,5-8,14H2,1-4H3,(H,15,16);1H. The van der Waals surface area contributed by atoms with Crippen molar-refractivity contribution in [1.29, 1.82) is 0 Å². The minimum absolute atomic E-state index is 0. The number of carbonyl (C=O) groups excluding carboxylic acids is 1. The molecule has 4 heteroatoms. The van der Waals surface area contributed by atoms with Crippen molar-refractivity contribution in [3.63, 3.8) is 0 Å². The lowest BCUT2D eigenvalue weighted by molar-refractivity contribution is -0.126. The van der Waals surface area contributed by atoms with Gasteiger partial charge in [0.2, 0.25) is 5.91 Å². The molecule has 0 aromatic heterocycles. The van der Waals surface area contributed by atoms with Crippen LogP contribution in [0.4, 0.5) is 0 Å². The van der Waals surface area contributed by atoms with Crippen LogP contribution in [0.2, 0.25) is 0 Å². The first kappa shape index (κ1) is 14.8. The van der Waals surface area contributed by atoms with Crippen LogP contribution in [0.1, 0.15) is 53.4 Å². The van der Waals surface area contributed by atoms with Gasteiger partial charge in [0.15, 0.2) is 0 Å². The molecule has 17 heavy (non-hydrogen) atoms. The Balaban J connectivity index is 0.00000144. The van der Waals surface area contributed by atoms with E-state index in [1.54, 1.807) is 0 Å². The Kier molecular flexibility index (Phi) is 3.59. The number of nitrogens with one attached hydrogen (secondary N) is 1. The summed E-state index contributed by atoms with van der Waals surface area (Å²) in [4.78, 5) is 12.2. The van der Waals surface area contributed by atoms with E-state index in [0.29, 0.717) is 0 Å². The molecule has 2 saturated carbocycles. The number of hydrogen-bond donors (Lipinski definition) is 2. The molecule has 3 N–H and O–H groups in total. The quantitative estimate of drug-likeness (QED) is 0.800. The zero-order chi connectivity index (χ0) is 12.2. The average molecular weight is 261 g/mol. The molecule has 0 radical (unpaired) electrons. The zero-order valence-electron chi connectivity index (χ0n) is 11.3. The molecule has 0 bridgehead atoms. The van der Waals surface area contributed by atoms with Gasteiger partial charge in [-0.2, -0.15) is 0 Å². The van der Waals surface area contributed by atoms with Gasteiger partial charge in [-0.25, -0.2) is 0 Å². The molecule has 2 aliphatic rings. The summed E-state index contributed by atoms with van der Waals surface area (Å²) in [6, 6.07) is 0.272. The van der Waals surface area contributed by atoms with Gasteiger partial charge in [0.25, 0.3) is 0 Å². The van der Waals surface area contributed by atoms with E-state index in [4.69, 9.17) is 5.73 Å². The highest BCUT2D eigenvalue weighted by molar-refractivity contribution is 5.87. The van der Waals surface area contributed by atoms with Gasteiger partial charge in [0.05, 0.1) is 5.54 Å². The van der Waals surface area contributed by atoms with E-state index in [0.717, 1.165) is 25.7 Å². The molecular weight excluding hydrogens is 236 g/mol. The molecule has 3 nitrogen and oxygen atoms in total. The van der Waals surface area contributed by atoms with E-state index < -0.39 is 5.54 Å². The monoisotopic (exact) mass is 260 g/mol. The Morgan fingerprint density at radius 1 is 1.12 bits per heavy atom. The van der Waals surface area contributed by atoms with Gasteiger partial charge in [0, 0.05) is 6.04 Å². The molecule has 0 aromatic rings. The maximum Gasteiger partial charge on any atom is 0.240 e. The van der Waals surface area contributed by atoms with Crippen LogP contribution in [0.3, 0.4) is 0 Å². The van der Waals surface area contributed by atoms with Crippen molar-refractivity contribution in [3.05, 3.63) is 0 Å². The highest BCUT2D eigenvalue weighted by Gasteiger charge is 2.66. The molecule has 0 unspecified atom stereocenters. The van der Waals surface area contributed by atoms with Crippen molar-refractivity contribution in [3.8, 4) is 0 Å². The first-order chi connectivity index (χ1) is 7.22. The van der Waals surface area contributed by atoms with Gasteiger partial charge >= 0.3 is 0 Å². The van der Waals surface area contributed by atoms with E-state index in [2.05, 4.69) is 33.0 Å². The fraction of sp³-hybridized carbons (Fsp3) is 0.923. The predicted molar refractivity (Wildman–Crippen MR) is 72.1 cm³/mol. The smallest absolute Gasteiger partial charge is 0.240 e. The van der Waals surface area contributed by atoms with Crippen molar-refractivity contribution in [2.45, 2.75) is 65.0 Å². The largest absolute Gasteiger partial charge is 0.351 e. The van der Waals surface area contributed by atoms with Crippen LogP contribution < -0.4 is 11.1 Å². The molecule has 2 rings (SSSR count). The SMILES string of the molecule is CC1(C)C(NC(=O)C2(N)CCCC2)C1(C)C.Cl. The number of amides is 1. The minimum Gasteiger partial charge on any atom is -0.351 e. The predicted octanol–water partition coefficient (Wildman–Crippen LogP) is 2.23. The van der Waals surface area contributed by atoms with Crippen LogP contribution >= 0.6 is 12.4 Å². The molecule has 0 spiro atoms. The summed E-state index contributed by atoms with van der Waals surface area (Å²) < 4.78 is 0. The Bertz CT molecular complexity index is 305. The lowest BCUT2D eigenvalue weighted by Gasteiger charge is -2.23.